The van der Waals surface area contributed by atoms with Gasteiger partial charge in [0.1, 0.15) is 0 Å². The molecule has 0 aliphatic heterocycles. The van der Waals surface area contributed by atoms with Crippen LogP contribution in [0.2, 0.25) is 17.7 Å². The quantitative estimate of drug-likeness (QED) is 0.320. The first-order valence-corrected chi connectivity index (χ1v) is 16.6. The van der Waals surface area contributed by atoms with Crippen molar-refractivity contribution < 1.29 is 5.11 Å². The number of aliphatic hydroxyl groups is 1. The summed E-state index contributed by atoms with van der Waals surface area (Å²) in [4.78, 5) is 0. The van der Waals surface area contributed by atoms with Crippen molar-refractivity contribution >= 4 is 18.4 Å². The molecule has 0 radical (unpaired) electrons. The second kappa shape index (κ2) is 13.5. The molecule has 0 fully saturated rings. The summed E-state index contributed by atoms with van der Waals surface area (Å²) < 4.78 is 6.20. The Hall–Kier alpha value is 0.499. The van der Waals surface area contributed by atoms with E-state index in [-0.39, 0.29) is 0 Å². The number of aliphatic hydroxyl groups excluding tert-OH is 1. The fourth-order valence-corrected chi connectivity index (χ4v) is 18.1. The maximum absolute atomic E-state index is 8.89. The molecule has 0 aromatic heterocycles. The molecule has 0 atom stereocenters. The summed E-state index contributed by atoms with van der Waals surface area (Å²) >= 11 is -1.90. The number of unbranched alkanes of at least 4 members (excludes halogenated alkanes) is 3. The summed E-state index contributed by atoms with van der Waals surface area (Å²) in [6, 6.07) is 0. The third kappa shape index (κ3) is 9.95. The number of hydrogen-bond acceptors (Lipinski definition) is 1. The van der Waals surface area contributed by atoms with E-state index in [0.29, 0.717) is 6.61 Å². The molecule has 1 N–H and O–H groups in total. The second-order valence-corrected chi connectivity index (χ2v) is 20.0. The third-order valence-corrected chi connectivity index (χ3v) is 19.4. The molecule has 0 aromatic rings. The van der Waals surface area contributed by atoms with Gasteiger partial charge in [0.05, 0.1) is 0 Å². The van der Waals surface area contributed by atoms with Crippen LogP contribution in [0.15, 0.2) is 12.2 Å². The van der Waals surface area contributed by atoms with Gasteiger partial charge in [0.2, 0.25) is 0 Å². The molecule has 0 aliphatic rings. The van der Waals surface area contributed by atoms with Crippen molar-refractivity contribution in [1.82, 2.24) is 0 Å². The molecule has 114 valence electrons. The summed E-state index contributed by atoms with van der Waals surface area (Å²) in [6.45, 7) is 7.30. The van der Waals surface area contributed by atoms with Gasteiger partial charge >= 0.3 is 126 Å². The van der Waals surface area contributed by atoms with Gasteiger partial charge in [0.15, 0.2) is 0 Å². The van der Waals surface area contributed by atoms with Gasteiger partial charge in [-0.05, 0) is 0 Å². The molecule has 0 bridgehead atoms. The van der Waals surface area contributed by atoms with E-state index in [4.69, 9.17) is 5.11 Å². The Kier molecular flexibility index (Phi) is 13.8. The first-order chi connectivity index (χ1) is 9.24. The molecule has 1 nitrogen and oxygen atoms in total. The van der Waals surface area contributed by atoms with Crippen molar-refractivity contribution in [2.24, 2.45) is 0 Å². The zero-order chi connectivity index (χ0) is 14.4. The number of hydrogen-bond donors (Lipinski definition) is 1. The van der Waals surface area contributed by atoms with Crippen molar-refractivity contribution in [1.29, 1.82) is 0 Å². The first-order valence-electron chi connectivity index (χ1n) is 8.50. The van der Waals surface area contributed by atoms with Crippen LogP contribution in [0.3, 0.4) is 0 Å². The summed E-state index contributed by atoms with van der Waals surface area (Å²) in [5, 5.41) is 8.89. The van der Waals surface area contributed by atoms with Crippen LogP contribution < -0.4 is 0 Å². The molecule has 0 unspecified atom stereocenters. The van der Waals surface area contributed by atoms with Crippen LogP contribution in [0.4, 0.5) is 0 Å². The van der Waals surface area contributed by atoms with Crippen LogP contribution in [-0.4, -0.2) is 30.1 Å². The van der Waals surface area contributed by atoms with E-state index in [9.17, 15) is 0 Å². The topological polar surface area (TPSA) is 20.2 Å². The summed E-state index contributed by atoms with van der Waals surface area (Å²) in [7, 11) is 0. The van der Waals surface area contributed by atoms with E-state index < -0.39 is 18.4 Å². The van der Waals surface area contributed by atoms with Crippen LogP contribution >= 0.6 is 0 Å². The van der Waals surface area contributed by atoms with Crippen molar-refractivity contribution in [2.45, 2.75) is 83.5 Å². The Morgan fingerprint density at radius 3 is 1.63 bits per heavy atom. The minimum atomic E-state index is -1.90. The SMILES string of the molecule is CCC[CH2][Sn]([CH2]C=CCCO)([CH2]CCC)[CH2]CCC. The van der Waals surface area contributed by atoms with E-state index in [1.807, 2.05) is 0 Å². The van der Waals surface area contributed by atoms with Crippen LogP contribution in [0, 0.1) is 0 Å². The molecule has 0 aromatic carbocycles. The summed E-state index contributed by atoms with van der Waals surface area (Å²) in [5.74, 6) is 0. The number of allylic oxidation sites excluding steroid dienone is 1. The minimum absolute atomic E-state index is 0.303. The summed E-state index contributed by atoms with van der Waals surface area (Å²) in [6.07, 6.45) is 13.9. The van der Waals surface area contributed by atoms with E-state index in [1.165, 1.54) is 43.0 Å². The molecule has 0 aliphatic carbocycles. The van der Waals surface area contributed by atoms with Crippen LogP contribution in [-0.2, 0) is 0 Å². The van der Waals surface area contributed by atoms with Gasteiger partial charge in [-0.15, -0.1) is 0 Å². The average Bonchev–Trinajstić information content (AvgIpc) is 2.44. The fraction of sp³-hybridized carbons (Fsp3) is 0.882. The molecular weight excluding hydrogens is 339 g/mol. The molecule has 0 amide bonds. The molecule has 0 spiro atoms. The van der Waals surface area contributed by atoms with Gasteiger partial charge in [-0.1, -0.05) is 0 Å². The zero-order valence-electron chi connectivity index (χ0n) is 13.6. The van der Waals surface area contributed by atoms with Crippen molar-refractivity contribution in [3.8, 4) is 0 Å². The molecule has 0 heterocycles. The monoisotopic (exact) mass is 376 g/mol. The molecule has 19 heavy (non-hydrogen) atoms. The fourth-order valence-electron chi connectivity index (χ4n) is 2.86. The standard InChI is InChI=1S/C5H9O.3C4H9.Sn/c1-2-3-4-5-6;3*1-3-4-2;/h2-3,6H,1,4-5H2;3*1,3-4H2,2H3;. The first kappa shape index (κ1) is 19.5. The summed E-state index contributed by atoms with van der Waals surface area (Å²) in [5.41, 5.74) is 0. The van der Waals surface area contributed by atoms with Gasteiger partial charge in [0, 0.05) is 0 Å². The zero-order valence-corrected chi connectivity index (χ0v) is 16.4. The molecular formula is C17H36OSn. The molecule has 2 heteroatoms. The van der Waals surface area contributed by atoms with Crippen molar-refractivity contribution in [2.75, 3.05) is 6.61 Å². The van der Waals surface area contributed by atoms with Crippen molar-refractivity contribution in [3.05, 3.63) is 12.2 Å². The predicted molar refractivity (Wildman–Crippen MR) is 90.5 cm³/mol. The van der Waals surface area contributed by atoms with Gasteiger partial charge in [-0.3, -0.25) is 0 Å². The molecule has 0 saturated carbocycles. The van der Waals surface area contributed by atoms with E-state index >= 15 is 0 Å². The normalized spacial score (nSPS) is 12.4. The Bertz CT molecular complexity index is 192. The average molecular weight is 375 g/mol. The van der Waals surface area contributed by atoms with Crippen LogP contribution in [0.1, 0.15) is 65.7 Å². The van der Waals surface area contributed by atoms with Crippen molar-refractivity contribution in [3.63, 3.8) is 0 Å². The predicted octanol–water partition coefficient (Wildman–Crippen LogP) is 5.77. The van der Waals surface area contributed by atoms with E-state index in [1.54, 1.807) is 13.3 Å². The van der Waals surface area contributed by atoms with Gasteiger partial charge in [-0.2, -0.15) is 0 Å². The Morgan fingerprint density at radius 1 is 0.789 bits per heavy atom. The van der Waals surface area contributed by atoms with Gasteiger partial charge in [-0.25, -0.2) is 0 Å². The Labute approximate surface area is 125 Å². The van der Waals surface area contributed by atoms with Gasteiger partial charge < -0.3 is 0 Å². The van der Waals surface area contributed by atoms with E-state index in [0.717, 1.165) is 6.42 Å². The van der Waals surface area contributed by atoms with Gasteiger partial charge in [0.25, 0.3) is 0 Å². The third-order valence-electron chi connectivity index (χ3n) is 4.20. The Balaban J connectivity index is 4.56. The maximum atomic E-state index is 8.89. The Morgan fingerprint density at radius 2 is 1.26 bits per heavy atom. The van der Waals surface area contributed by atoms with Crippen LogP contribution in [0.25, 0.3) is 0 Å². The van der Waals surface area contributed by atoms with E-state index in [2.05, 4.69) is 32.9 Å². The second-order valence-electron chi connectivity index (χ2n) is 6.00. The van der Waals surface area contributed by atoms with Crippen LogP contribution in [0.5, 0.6) is 0 Å². The number of rotatable bonds is 13. The molecule has 0 saturated heterocycles. The molecule has 0 rings (SSSR count).